The molecule has 0 aliphatic carbocycles. The quantitative estimate of drug-likeness (QED) is 0.784. The third-order valence-corrected chi connectivity index (χ3v) is 3.26. The minimum atomic E-state index is 0.00972. The molecule has 2 rings (SSSR count). The molecule has 0 saturated carbocycles. The summed E-state index contributed by atoms with van der Waals surface area (Å²) in [5.74, 6) is 0.00972. The maximum absolute atomic E-state index is 11.7. The van der Waals surface area contributed by atoms with Gasteiger partial charge in [-0.05, 0) is 25.0 Å². The summed E-state index contributed by atoms with van der Waals surface area (Å²) in [6.07, 6.45) is 2.30. The van der Waals surface area contributed by atoms with Crippen molar-refractivity contribution in [3.05, 3.63) is 34.3 Å². The molecule has 1 saturated heterocycles. The molecule has 1 aromatic carbocycles. The van der Waals surface area contributed by atoms with E-state index in [2.05, 4.69) is 15.9 Å². The molecule has 3 nitrogen and oxygen atoms in total. The molecule has 0 amide bonds. The van der Waals surface area contributed by atoms with E-state index in [1.165, 1.54) is 0 Å². The van der Waals surface area contributed by atoms with Gasteiger partial charge in [-0.3, -0.25) is 4.79 Å². The van der Waals surface area contributed by atoms with Crippen LogP contribution in [0.5, 0.6) is 0 Å². The van der Waals surface area contributed by atoms with E-state index in [0.717, 1.165) is 23.9 Å². The van der Waals surface area contributed by atoms with Crippen molar-refractivity contribution in [3.8, 4) is 0 Å². The number of ketones is 1. The lowest BCUT2D eigenvalue weighted by Crippen LogP contribution is -2.18. The van der Waals surface area contributed by atoms with Gasteiger partial charge in [0.25, 0.3) is 0 Å². The van der Waals surface area contributed by atoms with Gasteiger partial charge in [0.15, 0.2) is 5.78 Å². The van der Waals surface area contributed by atoms with E-state index in [1.807, 2.05) is 12.1 Å². The Labute approximate surface area is 109 Å². The van der Waals surface area contributed by atoms with Gasteiger partial charge in [-0.15, -0.1) is 0 Å². The van der Waals surface area contributed by atoms with Gasteiger partial charge in [0.1, 0.15) is 6.61 Å². The van der Waals surface area contributed by atoms with Crippen molar-refractivity contribution < 1.29 is 14.3 Å². The summed E-state index contributed by atoms with van der Waals surface area (Å²) in [4.78, 5) is 11.7. The van der Waals surface area contributed by atoms with Crippen molar-refractivity contribution in [3.63, 3.8) is 0 Å². The second kappa shape index (κ2) is 6.28. The fourth-order valence-electron chi connectivity index (χ4n) is 1.78. The Morgan fingerprint density at radius 3 is 2.82 bits per heavy atom. The van der Waals surface area contributed by atoms with Crippen molar-refractivity contribution in [1.29, 1.82) is 0 Å². The van der Waals surface area contributed by atoms with Gasteiger partial charge in [0.2, 0.25) is 0 Å². The van der Waals surface area contributed by atoms with E-state index in [9.17, 15) is 4.79 Å². The lowest BCUT2D eigenvalue weighted by Gasteiger charge is -2.09. The summed E-state index contributed by atoms with van der Waals surface area (Å²) in [5.41, 5.74) is 0.681. The molecular formula is C13H15BrO3. The largest absolute Gasteiger partial charge is 0.376 e. The summed E-state index contributed by atoms with van der Waals surface area (Å²) in [5, 5.41) is 0. The third kappa shape index (κ3) is 3.91. The van der Waals surface area contributed by atoms with Gasteiger partial charge in [-0.1, -0.05) is 28.1 Å². The molecule has 0 bridgehead atoms. The molecule has 1 aliphatic heterocycles. The number of benzene rings is 1. The molecule has 1 unspecified atom stereocenters. The number of hydrogen-bond donors (Lipinski definition) is 0. The summed E-state index contributed by atoms with van der Waals surface area (Å²) in [6.45, 7) is 1.46. The minimum absolute atomic E-state index is 0.00972. The van der Waals surface area contributed by atoms with Crippen molar-refractivity contribution in [1.82, 2.24) is 0 Å². The molecule has 1 heterocycles. The highest BCUT2D eigenvalue weighted by Crippen LogP contribution is 2.13. The van der Waals surface area contributed by atoms with Gasteiger partial charge in [0, 0.05) is 16.6 Å². The number of hydrogen-bond acceptors (Lipinski definition) is 3. The predicted molar refractivity (Wildman–Crippen MR) is 68.3 cm³/mol. The van der Waals surface area contributed by atoms with E-state index >= 15 is 0 Å². The molecule has 4 heteroatoms. The van der Waals surface area contributed by atoms with Crippen molar-refractivity contribution in [2.24, 2.45) is 0 Å². The molecule has 0 aromatic heterocycles. The van der Waals surface area contributed by atoms with Crippen LogP contribution in [0.25, 0.3) is 0 Å². The van der Waals surface area contributed by atoms with Crippen LogP contribution in [0.3, 0.4) is 0 Å². The zero-order valence-electron chi connectivity index (χ0n) is 9.52. The van der Waals surface area contributed by atoms with Gasteiger partial charge < -0.3 is 9.47 Å². The summed E-state index contributed by atoms with van der Waals surface area (Å²) in [7, 11) is 0. The summed E-state index contributed by atoms with van der Waals surface area (Å²) >= 11 is 3.33. The molecule has 1 aliphatic rings. The SMILES string of the molecule is O=C(COCC1CCCO1)c1ccc(Br)cc1. The number of Topliss-reactive ketones (excluding diaryl/α,β-unsaturated/α-hetero) is 1. The minimum Gasteiger partial charge on any atom is -0.376 e. The van der Waals surface area contributed by atoms with E-state index < -0.39 is 0 Å². The average molecular weight is 299 g/mol. The standard InChI is InChI=1S/C13H15BrO3/c14-11-5-3-10(4-6-11)13(15)9-16-8-12-2-1-7-17-12/h3-6,12H,1-2,7-9H2. The van der Waals surface area contributed by atoms with Crippen LogP contribution in [0, 0.1) is 0 Å². The number of rotatable bonds is 5. The van der Waals surface area contributed by atoms with Crippen LogP contribution in [0.4, 0.5) is 0 Å². The first-order valence-electron chi connectivity index (χ1n) is 5.74. The Kier molecular flexibility index (Phi) is 4.71. The number of halogens is 1. The van der Waals surface area contributed by atoms with Crippen molar-refractivity contribution >= 4 is 21.7 Å². The molecule has 17 heavy (non-hydrogen) atoms. The van der Waals surface area contributed by atoms with E-state index in [-0.39, 0.29) is 18.5 Å². The Bertz CT molecular complexity index is 369. The predicted octanol–water partition coefficient (Wildman–Crippen LogP) is 2.83. The van der Waals surface area contributed by atoms with Crippen LogP contribution in [-0.2, 0) is 9.47 Å². The molecule has 0 N–H and O–H groups in total. The van der Waals surface area contributed by atoms with Crippen LogP contribution < -0.4 is 0 Å². The molecular weight excluding hydrogens is 284 g/mol. The van der Waals surface area contributed by atoms with Gasteiger partial charge in [-0.2, -0.15) is 0 Å². The van der Waals surface area contributed by atoms with E-state index in [0.29, 0.717) is 12.2 Å². The summed E-state index contributed by atoms with van der Waals surface area (Å²) < 4.78 is 11.8. The maximum Gasteiger partial charge on any atom is 0.188 e. The maximum atomic E-state index is 11.7. The zero-order chi connectivity index (χ0) is 12.1. The first-order chi connectivity index (χ1) is 8.25. The highest BCUT2D eigenvalue weighted by atomic mass is 79.9. The van der Waals surface area contributed by atoms with Gasteiger partial charge in [0.05, 0.1) is 12.7 Å². The first kappa shape index (κ1) is 12.7. The zero-order valence-corrected chi connectivity index (χ0v) is 11.1. The number of carbonyl (C=O) groups is 1. The molecule has 0 radical (unpaired) electrons. The topological polar surface area (TPSA) is 35.5 Å². The second-order valence-electron chi connectivity index (χ2n) is 4.08. The average Bonchev–Trinajstić information content (AvgIpc) is 2.83. The lowest BCUT2D eigenvalue weighted by molar-refractivity contribution is 0.0190. The normalized spacial score (nSPS) is 19.5. The lowest BCUT2D eigenvalue weighted by atomic mass is 10.1. The smallest absolute Gasteiger partial charge is 0.188 e. The Balaban J connectivity index is 1.75. The van der Waals surface area contributed by atoms with E-state index in [1.54, 1.807) is 12.1 Å². The van der Waals surface area contributed by atoms with Crippen LogP contribution in [-0.4, -0.2) is 31.7 Å². The highest BCUT2D eigenvalue weighted by Gasteiger charge is 2.16. The third-order valence-electron chi connectivity index (χ3n) is 2.73. The molecule has 1 fully saturated rings. The fourth-order valence-corrected chi connectivity index (χ4v) is 2.04. The van der Waals surface area contributed by atoms with Crippen molar-refractivity contribution in [2.45, 2.75) is 18.9 Å². The van der Waals surface area contributed by atoms with Crippen LogP contribution in [0.1, 0.15) is 23.2 Å². The number of carbonyl (C=O) groups excluding carboxylic acids is 1. The molecule has 0 spiro atoms. The van der Waals surface area contributed by atoms with Crippen molar-refractivity contribution in [2.75, 3.05) is 19.8 Å². The Hall–Kier alpha value is -0.710. The monoisotopic (exact) mass is 298 g/mol. The Morgan fingerprint density at radius 2 is 2.18 bits per heavy atom. The first-order valence-corrected chi connectivity index (χ1v) is 6.53. The molecule has 1 atom stereocenters. The highest BCUT2D eigenvalue weighted by molar-refractivity contribution is 9.10. The van der Waals surface area contributed by atoms with Crippen LogP contribution >= 0.6 is 15.9 Å². The van der Waals surface area contributed by atoms with Crippen LogP contribution in [0.2, 0.25) is 0 Å². The van der Waals surface area contributed by atoms with E-state index in [4.69, 9.17) is 9.47 Å². The Morgan fingerprint density at radius 1 is 1.41 bits per heavy atom. The summed E-state index contributed by atoms with van der Waals surface area (Å²) in [6, 6.07) is 7.30. The molecule has 1 aromatic rings. The van der Waals surface area contributed by atoms with Gasteiger partial charge >= 0.3 is 0 Å². The van der Waals surface area contributed by atoms with Gasteiger partial charge in [-0.25, -0.2) is 0 Å². The second-order valence-corrected chi connectivity index (χ2v) is 5.00. The van der Waals surface area contributed by atoms with Crippen LogP contribution in [0.15, 0.2) is 28.7 Å². The molecule has 92 valence electrons. The number of ether oxygens (including phenoxy) is 2. The fraction of sp³-hybridized carbons (Fsp3) is 0.462.